The number of nitriles is 1. The van der Waals surface area contributed by atoms with E-state index < -0.39 is 26.7 Å². The van der Waals surface area contributed by atoms with Crippen LogP contribution >= 0.6 is 11.3 Å². The molecule has 0 radical (unpaired) electrons. The minimum Gasteiger partial charge on any atom is -0.365 e. The summed E-state index contributed by atoms with van der Waals surface area (Å²) in [5.41, 5.74) is -0.290. The van der Waals surface area contributed by atoms with Gasteiger partial charge in [0.2, 0.25) is 20.9 Å². The van der Waals surface area contributed by atoms with Gasteiger partial charge in [-0.05, 0) is 18.9 Å². The molecule has 3 aromatic heterocycles. The number of alkyl halides is 3. The topological polar surface area (TPSA) is 137 Å². The largest absolute Gasteiger partial charge is 0.445 e. The maximum atomic E-state index is 13.3. The van der Waals surface area contributed by atoms with E-state index in [0.717, 1.165) is 0 Å². The summed E-state index contributed by atoms with van der Waals surface area (Å²) in [6.45, 7) is 5.25. The zero-order chi connectivity index (χ0) is 27.5. The number of anilines is 1. The Kier molecular flexibility index (Phi) is 6.35. The smallest absolute Gasteiger partial charge is 0.365 e. The zero-order valence-corrected chi connectivity index (χ0v) is 22.0. The molecule has 0 aromatic carbocycles. The number of sulfonamides is 1. The van der Waals surface area contributed by atoms with Gasteiger partial charge in [-0.25, -0.2) is 13.4 Å². The Morgan fingerprint density at radius 1 is 1.21 bits per heavy atom. The van der Waals surface area contributed by atoms with Crippen LogP contribution in [-0.2, 0) is 21.0 Å². The Morgan fingerprint density at radius 3 is 2.45 bits per heavy atom. The quantitative estimate of drug-likeness (QED) is 0.479. The number of hydrogen-bond acceptors (Lipinski definition) is 9. The normalized spacial score (nSPS) is 17.7. The molecule has 0 bridgehead atoms. The van der Waals surface area contributed by atoms with Crippen molar-refractivity contribution in [3.8, 4) is 16.8 Å². The lowest BCUT2D eigenvalue weighted by Gasteiger charge is -2.37. The number of carbonyl (C=O) groups excluding carboxylic acids is 1. The number of nitrogens with zero attached hydrogens (tertiary/aromatic N) is 7. The van der Waals surface area contributed by atoms with Crippen LogP contribution in [0.2, 0.25) is 0 Å². The molecule has 16 heteroatoms. The van der Waals surface area contributed by atoms with Crippen LogP contribution in [0.4, 0.5) is 18.9 Å². The molecule has 4 heterocycles. The number of imidazole rings is 1. The first kappa shape index (κ1) is 26.3. The van der Waals surface area contributed by atoms with E-state index >= 15 is 0 Å². The van der Waals surface area contributed by atoms with Crippen molar-refractivity contribution in [2.75, 3.05) is 31.1 Å². The zero-order valence-electron chi connectivity index (χ0n) is 20.4. The van der Waals surface area contributed by atoms with E-state index in [1.807, 2.05) is 24.8 Å². The Labute approximate surface area is 219 Å². The summed E-state index contributed by atoms with van der Waals surface area (Å²) in [5.74, 6) is -0.146. The van der Waals surface area contributed by atoms with Crippen LogP contribution in [0, 0.1) is 17.2 Å². The van der Waals surface area contributed by atoms with E-state index in [0.29, 0.717) is 61.7 Å². The van der Waals surface area contributed by atoms with Crippen LogP contribution in [0.1, 0.15) is 31.7 Å². The molecule has 5 rings (SSSR count). The van der Waals surface area contributed by atoms with E-state index in [1.54, 1.807) is 4.90 Å². The fourth-order valence-electron chi connectivity index (χ4n) is 4.23. The Morgan fingerprint density at radius 2 is 1.89 bits per heavy atom. The standard InChI is InChI=1S/C22H23F3N8O3S2/c1-13(2)19(34)32-7-5-31(6-8-32)15-9-14(38(35,36)30-21(12-26)3-4-21)11-33-16(10-27-17(15)33)18-28-29-20(37-18)22(23,24)25/h9-11,13,30H,3-8H2,1-2H3. The van der Waals surface area contributed by atoms with Crippen LogP contribution in [0.15, 0.2) is 23.4 Å². The minimum absolute atomic E-state index is 0.0152. The molecule has 1 saturated carbocycles. The molecule has 11 nitrogen and oxygen atoms in total. The molecular formula is C22H23F3N8O3S2. The Bertz CT molecular complexity index is 1550. The highest BCUT2D eigenvalue weighted by atomic mass is 32.2. The van der Waals surface area contributed by atoms with Gasteiger partial charge < -0.3 is 9.80 Å². The van der Waals surface area contributed by atoms with Crippen molar-refractivity contribution in [2.24, 2.45) is 5.92 Å². The molecule has 202 valence electrons. The van der Waals surface area contributed by atoms with Crippen molar-refractivity contribution in [1.29, 1.82) is 5.26 Å². The van der Waals surface area contributed by atoms with Gasteiger partial charge in [-0.1, -0.05) is 25.2 Å². The fraction of sp³-hybridized carbons (Fsp3) is 0.500. The van der Waals surface area contributed by atoms with Crippen LogP contribution in [0.5, 0.6) is 0 Å². The number of amides is 1. The molecule has 1 aliphatic heterocycles. The van der Waals surface area contributed by atoms with Crippen molar-refractivity contribution in [3.63, 3.8) is 0 Å². The summed E-state index contributed by atoms with van der Waals surface area (Å²) in [7, 11) is -4.18. The van der Waals surface area contributed by atoms with Crippen molar-refractivity contribution >= 4 is 38.6 Å². The number of rotatable bonds is 6. The highest BCUT2D eigenvalue weighted by Gasteiger charge is 2.47. The lowest BCUT2D eigenvalue weighted by atomic mass is 10.1. The minimum atomic E-state index is -4.68. The molecular weight excluding hydrogens is 545 g/mol. The summed E-state index contributed by atoms with van der Waals surface area (Å²) in [6.07, 6.45) is -1.34. The average Bonchev–Trinajstić information content (AvgIpc) is 3.26. The fourth-order valence-corrected chi connectivity index (χ4v) is 6.35. The SMILES string of the molecule is CC(C)C(=O)N1CCN(c2cc(S(=O)(=O)NC3(C#N)CC3)cn3c(-c4nnc(C(F)(F)F)s4)cnc23)CC1. The molecule has 0 unspecified atom stereocenters. The Balaban J connectivity index is 1.58. The van der Waals surface area contributed by atoms with Crippen LogP contribution in [-0.4, -0.2) is 70.5 Å². The third-order valence-electron chi connectivity index (χ3n) is 6.48. The van der Waals surface area contributed by atoms with Gasteiger partial charge in [-0.3, -0.25) is 9.20 Å². The first-order chi connectivity index (χ1) is 17.8. The van der Waals surface area contributed by atoms with E-state index in [-0.39, 0.29) is 27.4 Å². The van der Waals surface area contributed by atoms with Gasteiger partial charge in [-0.2, -0.15) is 23.2 Å². The predicted molar refractivity (Wildman–Crippen MR) is 131 cm³/mol. The van der Waals surface area contributed by atoms with Crippen molar-refractivity contribution < 1.29 is 26.4 Å². The van der Waals surface area contributed by atoms with Gasteiger partial charge in [-0.15, -0.1) is 10.2 Å². The first-order valence-corrected chi connectivity index (χ1v) is 14.0. The summed E-state index contributed by atoms with van der Waals surface area (Å²) < 4.78 is 69.9. The Hall–Kier alpha value is -3.29. The van der Waals surface area contributed by atoms with Crippen LogP contribution in [0.3, 0.4) is 0 Å². The molecule has 2 aliphatic rings. The van der Waals surface area contributed by atoms with E-state index in [2.05, 4.69) is 19.9 Å². The second-order valence-electron chi connectivity index (χ2n) is 9.57. The van der Waals surface area contributed by atoms with Gasteiger partial charge in [0.25, 0.3) is 0 Å². The second-order valence-corrected chi connectivity index (χ2v) is 12.2. The summed E-state index contributed by atoms with van der Waals surface area (Å²) in [4.78, 5) is 20.2. The number of pyridine rings is 1. The number of carbonyl (C=O) groups is 1. The van der Waals surface area contributed by atoms with Gasteiger partial charge >= 0.3 is 6.18 Å². The van der Waals surface area contributed by atoms with E-state index in [9.17, 15) is 31.6 Å². The third-order valence-corrected chi connectivity index (χ3v) is 8.97. The molecule has 2 fully saturated rings. The lowest BCUT2D eigenvalue weighted by Crippen LogP contribution is -2.50. The monoisotopic (exact) mass is 568 g/mol. The number of piperazine rings is 1. The molecule has 38 heavy (non-hydrogen) atoms. The molecule has 1 saturated heterocycles. The lowest BCUT2D eigenvalue weighted by molar-refractivity contribution is -0.138. The van der Waals surface area contributed by atoms with Crippen LogP contribution in [0.25, 0.3) is 16.3 Å². The van der Waals surface area contributed by atoms with Crippen molar-refractivity contribution in [2.45, 2.75) is 43.3 Å². The van der Waals surface area contributed by atoms with Gasteiger partial charge in [0.1, 0.15) is 16.1 Å². The van der Waals surface area contributed by atoms with Crippen LogP contribution < -0.4 is 9.62 Å². The average molecular weight is 569 g/mol. The molecule has 0 spiro atoms. The predicted octanol–water partition coefficient (Wildman–Crippen LogP) is 2.51. The van der Waals surface area contributed by atoms with E-state index in [4.69, 9.17) is 0 Å². The summed E-state index contributed by atoms with van der Waals surface area (Å²) >= 11 is 0.323. The van der Waals surface area contributed by atoms with Crippen molar-refractivity contribution in [3.05, 3.63) is 23.5 Å². The highest BCUT2D eigenvalue weighted by molar-refractivity contribution is 7.89. The maximum absolute atomic E-state index is 13.3. The number of aromatic nitrogens is 4. The number of hydrogen-bond donors (Lipinski definition) is 1. The van der Waals surface area contributed by atoms with Gasteiger partial charge in [0.05, 0.1) is 18.0 Å². The summed E-state index contributed by atoms with van der Waals surface area (Å²) in [6, 6.07) is 3.42. The summed E-state index contributed by atoms with van der Waals surface area (Å²) in [5, 5.41) is 15.1. The second kappa shape index (κ2) is 9.17. The molecule has 1 amide bonds. The molecule has 3 aromatic rings. The molecule has 1 N–H and O–H groups in total. The third kappa shape index (κ3) is 4.81. The first-order valence-electron chi connectivity index (χ1n) is 11.7. The number of fused-ring (bicyclic) bond motifs is 1. The molecule has 1 aliphatic carbocycles. The highest BCUT2D eigenvalue weighted by Crippen LogP contribution is 2.38. The number of halogens is 3. The molecule has 0 atom stereocenters. The van der Waals surface area contributed by atoms with Crippen molar-refractivity contribution in [1.82, 2.24) is 29.2 Å². The van der Waals surface area contributed by atoms with Gasteiger partial charge in [0.15, 0.2) is 10.7 Å². The van der Waals surface area contributed by atoms with E-state index in [1.165, 1.54) is 22.9 Å². The maximum Gasteiger partial charge on any atom is 0.445 e. The van der Waals surface area contributed by atoms with Gasteiger partial charge in [0, 0.05) is 38.3 Å². The number of nitrogens with one attached hydrogen (secondary N) is 1.